The van der Waals surface area contributed by atoms with Crippen molar-refractivity contribution in [3.8, 4) is 11.3 Å². The van der Waals surface area contributed by atoms with Crippen molar-refractivity contribution in [2.45, 2.75) is 18.9 Å². The van der Waals surface area contributed by atoms with Gasteiger partial charge in [0.05, 0.1) is 17.7 Å². The number of aliphatic imine (C=N–C) groups is 1. The van der Waals surface area contributed by atoms with Gasteiger partial charge in [0.15, 0.2) is 0 Å². The monoisotopic (exact) mass is 467 g/mol. The van der Waals surface area contributed by atoms with E-state index in [1.54, 1.807) is 0 Å². The first-order chi connectivity index (χ1) is 16.6. The van der Waals surface area contributed by atoms with Gasteiger partial charge in [-0.2, -0.15) is 0 Å². The molecule has 0 spiro atoms. The van der Waals surface area contributed by atoms with Gasteiger partial charge in [0.2, 0.25) is 5.95 Å². The van der Waals surface area contributed by atoms with Crippen LogP contribution in [0.5, 0.6) is 0 Å². The maximum atomic E-state index is 6.11. The number of rotatable bonds is 6. The van der Waals surface area contributed by atoms with Crippen molar-refractivity contribution in [2.24, 2.45) is 4.99 Å². The first-order valence-electron chi connectivity index (χ1n) is 11.3. The standard InChI is InChI=1S/C28H26ClN5/c1-34(2)18-32-23-12-10-20(11-13-23)26-15-21-17-31-28(30-16-19-6-5-7-22(29)14-19)33-27(21)25-9-4-3-8-24(25)26/h3-14,17-18,26H,15-16H2,1-2H3,(H,30,31,33)/b32-18+. The molecule has 5 nitrogen and oxygen atoms in total. The van der Waals surface area contributed by atoms with Crippen LogP contribution in [0.1, 0.15) is 28.2 Å². The highest BCUT2D eigenvalue weighted by molar-refractivity contribution is 6.30. The van der Waals surface area contributed by atoms with Gasteiger partial charge in [-0.3, -0.25) is 0 Å². The number of halogens is 1. The maximum absolute atomic E-state index is 6.11. The number of hydrogen-bond donors (Lipinski definition) is 1. The van der Waals surface area contributed by atoms with E-state index in [0.29, 0.717) is 12.5 Å². The quantitative estimate of drug-likeness (QED) is 0.266. The molecule has 1 atom stereocenters. The van der Waals surface area contributed by atoms with E-state index in [0.717, 1.165) is 39.5 Å². The largest absolute Gasteiger partial charge is 0.369 e. The summed E-state index contributed by atoms with van der Waals surface area (Å²) in [6, 6.07) is 24.9. The zero-order valence-electron chi connectivity index (χ0n) is 19.2. The predicted molar refractivity (Wildman–Crippen MR) is 140 cm³/mol. The summed E-state index contributed by atoms with van der Waals surface area (Å²) in [6.45, 7) is 0.617. The number of hydrogen-bond acceptors (Lipinski definition) is 4. The molecule has 0 saturated heterocycles. The van der Waals surface area contributed by atoms with Gasteiger partial charge >= 0.3 is 0 Å². The van der Waals surface area contributed by atoms with Crippen LogP contribution in [-0.4, -0.2) is 35.3 Å². The minimum Gasteiger partial charge on any atom is -0.369 e. The number of aromatic nitrogens is 2. The van der Waals surface area contributed by atoms with E-state index in [1.807, 2.05) is 55.8 Å². The van der Waals surface area contributed by atoms with Crippen molar-refractivity contribution in [1.82, 2.24) is 14.9 Å². The highest BCUT2D eigenvalue weighted by atomic mass is 35.5. The summed E-state index contributed by atoms with van der Waals surface area (Å²) < 4.78 is 0. The van der Waals surface area contributed by atoms with Gasteiger partial charge in [0.25, 0.3) is 0 Å². The summed E-state index contributed by atoms with van der Waals surface area (Å²) >= 11 is 6.11. The number of anilines is 1. The molecule has 1 N–H and O–H groups in total. The average Bonchev–Trinajstić information content (AvgIpc) is 2.86. The van der Waals surface area contributed by atoms with Gasteiger partial charge in [0.1, 0.15) is 0 Å². The van der Waals surface area contributed by atoms with E-state index >= 15 is 0 Å². The Morgan fingerprint density at radius 2 is 1.88 bits per heavy atom. The van der Waals surface area contributed by atoms with E-state index in [2.05, 4.69) is 63.8 Å². The molecule has 170 valence electrons. The molecule has 0 amide bonds. The van der Waals surface area contributed by atoms with Crippen molar-refractivity contribution in [3.63, 3.8) is 0 Å². The third-order valence-corrected chi connectivity index (χ3v) is 6.19. The van der Waals surface area contributed by atoms with E-state index in [1.165, 1.54) is 11.1 Å². The Labute approximate surface area is 205 Å². The molecule has 0 saturated carbocycles. The highest BCUT2D eigenvalue weighted by Gasteiger charge is 2.27. The fraction of sp³-hybridized carbons (Fsp3) is 0.179. The van der Waals surface area contributed by atoms with Crippen molar-refractivity contribution in [1.29, 1.82) is 0 Å². The van der Waals surface area contributed by atoms with Crippen LogP contribution < -0.4 is 5.32 Å². The van der Waals surface area contributed by atoms with Crippen LogP contribution in [0.4, 0.5) is 11.6 Å². The molecule has 1 aliphatic carbocycles. The van der Waals surface area contributed by atoms with Crippen LogP contribution in [-0.2, 0) is 13.0 Å². The van der Waals surface area contributed by atoms with Crippen LogP contribution in [0.15, 0.2) is 84.0 Å². The van der Waals surface area contributed by atoms with E-state index in [9.17, 15) is 0 Å². The zero-order chi connectivity index (χ0) is 23.5. The topological polar surface area (TPSA) is 53.4 Å². The van der Waals surface area contributed by atoms with Crippen molar-refractivity contribution < 1.29 is 0 Å². The number of nitrogens with zero attached hydrogens (tertiary/aromatic N) is 4. The maximum Gasteiger partial charge on any atom is 0.223 e. The van der Waals surface area contributed by atoms with Crippen LogP contribution >= 0.6 is 11.6 Å². The molecule has 0 fully saturated rings. The van der Waals surface area contributed by atoms with Crippen LogP contribution in [0.25, 0.3) is 11.3 Å². The van der Waals surface area contributed by atoms with Gasteiger partial charge in [0, 0.05) is 43.3 Å². The Balaban J connectivity index is 1.41. The Hall–Kier alpha value is -3.70. The van der Waals surface area contributed by atoms with Crippen molar-refractivity contribution in [3.05, 3.63) is 106 Å². The summed E-state index contributed by atoms with van der Waals surface area (Å²) in [5.74, 6) is 0.875. The second kappa shape index (κ2) is 9.65. The predicted octanol–water partition coefficient (Wildman–Crippen LogP) is 6.32. The lowest BCUT2D eigenvalue weighted by atomic mass is 9.78. The molecule has 6 heteroatoms. The molecule has 1 aromatic heterocycles. The third-order valence-electron chi connectivity index (χ3n) is 5.95. The normalized spacial score (nSPS) is 14.5. The molecular formula is C28H26ClN5. The number of fused-ring (bicyclic) bond motifs is 3. The third kappa shape index (κ3) is 4.80. The highest BCUT2D eigenvalue weighted by Crippen LogP contribution is 2.42. The van der Waals surface area contributed by atoms with Gasteiger partial charge in [-0.05, 0) is 52.9 Å². The van der Waals surface area contributed by atoms with Crippen molar-refractivity contribution >= 4 is 29.6 Å². The molecular weight excluding hydrogens is 442 g/mol. The Morgan fingerprint density at radius 1 is 1.06 bits per heavy atom. The molecule has 0 aliphatic heterocycles. The SMILES string of the molecule is CN(C)/C=N/c1ccc(C2Cc3cnc(NCc4cccc(Cl)c4)nc3-c3ccccc32)cc1. The van der Waals surface area contributed by atoms with E-state index in [4.69, 9.17) is 16.6 Å². The molecule has 5 rings (SSSR count). The Bertz CT molecular complexity index is 1330. The summed E-state index contributed by atoms with van der Waals surface area (Å²) in [7, 11) is 3.93. The molecule has 1 heterocycles. The first-order valence-corrected chi connectivity index (χ1v) is 11.7. The lowest BCUT2D eigenvalue weighted by molar-refractivity contribution is 0.643. The fourth-order valence-electron chi connectivity index (χ4n) is 4.32. The smallest absolute Gasteiger partial charge is 0.223 e. The minimum absolute atomic E-state index is 0.254. The van der Waals surface area contributed by atoms with E-state index in [-0.39, 0.29) is 5.92 Å². The fourth-order valence-corrected chi connectivity index (χ4v) is 4.53. The summed E-state index contributed by atoms with van der Waals surface area (Å²) in [4.78, 5) is 15.9. The zero-order valence-corrected chi connectivity index (χ0v) is 20.0. The molecule has 0 radical (unpaired) electrons. The number of benzene rings is 3. The molecule has 1 aliphatic rings. The van der Waals surface area contributed by atoms with Crippen molar-refractivity contribution in [2.75, 3.05) is 19.4 Å². The summed E-state index contributed by atoms with van der Waals surface area (Å²) in [6.07, 6.45) is 4.64. The summed E-state index contributed by atoms with van der Waals surface area (Å²) in [5.41, 5.74) is 7.92. The molecule has 34 heavy (non-hydrogen) atoms. The number of nitrogens with one attached hydrogen (secondary N) is 1. The lowest BCUT2D eigenvalue weighted by Gasteiger charge is -2.27. The van der Waals surface area contributed by atoms with Crippen LogP contribution in [0.2, 0.25) is 5.02 Å². The van der Waals surface area contributed by atoms with Gasteiger partial charge in [-0.15, -0.1) is 0 Å². The second-order valence-corrected chi connectivity index (χ2v) is 9.13. The second-order valence-electron chi connectivity index (χ2n) is 8.69. The molecule has 4 aromatic rings. The first kappa shape index (κ1) is 22.1. The van der Waals surface area contributed by atoms with Gasteiger partial charge in [-0.1, -0.05) is 60.1 Å². The Morgan fingerprint density at radius 3 is 2.68 bits per heavy atom. The minimum atomic E-state index is 0.254. The molecule has 0 bridgehead atoms. The molecule has 3 aromatic carbocycles. The van der Waals surface area contributed by atoms with Crippen LogP contribution in [0.3, 0.4) is 0 Å². The van der Waals surface area contributed by atoms with Gasteiger partial charge < -0.3 is 10.2 Å². The van der Waals surface area contributed by atoms with Gasteiger partial charge in [-0.25, -0.2) is 15.0 Å². The average molecular weight is 468 g/mol. The molecule has 1 unspecified atom stereocenters. The lowest BCUT2D eigenvalue weighted by Crippen LogP contribution is -2.15. The van der Waals surface area contributed by atoms with Crippen LogP contribution in [0, 0.1) is 0 Å². The Kier molecular flexibility index (Phi) is 6.28. The van der Waals surface area contributed by atoms with E-state index < -0.39 is 0 Å². The summed E-state index contributed by atoms with van der Waals surface area (Å²) in [5, 5.41) is 4.07.